The fourth-order valence-electron chi connectivity index (χ4n) is 2.77. The number of benzene rings is 3. The van der Waals surface area contributed by atoms with Crippen molar-refractivity contribution in [2.24, 2.45) is 0 Å². The number of anilines is 2. The summed E-state index contributed by atoms with van der Waals surface area (Å²) < 4.78 is 5.40. The number of hydrogen-bond donors (Lipinski definition) is 1. The maximum absolute atomic E-state index is 5.40. The van der Waals surface area contributed by atoms with Crippen LogP contribution in [0.5, 0.6) is 0 Å². The molecular weight excluding hydrogens is 282 g/mol. The molecule has 0 spiro atoms. The first kappa shape index (κ1) is 13.6. The first-order chi connectivity index (χ1) is 11.3. The molecule has 112 valence electrons. The predicted molar refractivity (Wildman–Crippen MR) is 96.1 cm³/mol. The summed E-state index contributed by atoms with van der Waals surface area (Å²) in [7, 11) is 0. The van der Waals surface area contributed by atoms with Gasteiger partial charge in [-0.05, 0) is 53.9 Å². The molecule has 3 aromatic carbocycles. The van der Waals surface area contributed by atoms with E-state index in [9.17, 15) is 0 Å². The van der Waals surface area contributed by atoms with Gasteiger partial charge in [-0.1, -0.05) is 42.5 Å². The smallest absolute Gasteiger partial charge is 0.133 e. The molecule has 0 aliphatic heterocycles. The summed E-state index contributed by atoms with van der Waals surface area (Å²) in [5, 5.41) is 4.63. The highest BCUT2D eigenvalue weighted by molar-refractivity contribution is 5.83. The minimum atomic E-state index is 0.908. The van der Waals surface area contributed by atoms with Crippen LogP contribution in [-0.2, 0) is 0 Å². The second kappa shape index (κ2) is 5.65. The molecule has 1 N–H and O–H groups in total. The summed E-state index contributed by atoms with van der Waals surface area (Å²) in [5.74, 6) is 0. The van der Waals surface area contributed by atoms with E-state index in [2.05, 4.69) is 60.8 Å². The van der Waals surface area contributed by atoms with Crippen LogP contribution in [-0.4, -0.2) is 0 Å². The molecular formula is C21H17NO. The monoisotopic (exact) mass is 299 g/mol. The summed E-state index contributed by atoms with van der Waals surface area (Å²) in [5.41, 5.74) is 6.74. The van der Waals surface area contributed by atoms with Crippen molar-refractivity contribution < 1.29 is 4.42 Å². The molecule has 4 rings (SSSR count). The predicted octanol–water partition coefficient (Wildman–Crippen LogP) is 6.15. The standard InChI is InChI=1S/C21H17NO/c1-15-7-8-17(16-5-3-2-4-6-16)14-20(15)22-19-9-10-21-18(13-19)11-12-23-21/h2-14,22H,1H3. The molecule has 0 radical (unpaired) electrons. The molecule has 0 amide bonds. The zero-order valence-electron chi connectivity index (χ0n) is 12.9. The Bertz CT molecular complexity index is 954. The number of fused-ring (bicyclic) bond motifs is 1. The van der Waals surface area contributed by atoms with Crippen LogP contribution in [0.4, 0.5) is 11.4 Å². The fourth-order valence-corrected chi connectivity index (χ4v) is 2.77. The molecule has 0 bridgehead atoms. The maximum Gasteiger partial charge on any atom is 0.133 e. The minimum Gasteiger partial charge on any atom is -0.464 e. The Kier molecular flexibility index (Phi) is 3.35. The first-order valence-electron chi connectivity index (χ1n) is 7.70. The number of hydrogen-bond acceptors (Lipinski definition) is 2. The number of aryl methyl sites for hydroxylation is 1. The van der Waals surface area contributed by atoms with Crippen LogP contribution in [0.2, 0.25) is 0 Å². The highest BCUT2D eigenvalue weighted by atomic mass is 16.3. The molecule has 0 aliphatic rings. The van der Waals surface area contributed by atoms with Crippen LogP contribution in [0.15, 0.2) is 83.5 Å². The Morgan fingerprint density at radius 3 is 2.52 bits per heavy atom. The summed E-state index contributed by atoms with van der Waals surface area (Å²) in [6.07, 6.45) is 1.72. The van der Waals surface area contributed by atoms with Gasteiger partial charge in [0.15, 0.2) is 0 Å². The van der Waals surface area contributed by atoms with Crippen molar-refractivity contribution in [3.05, 3.63) is 84.6 Å². The zero-order chi connectivity index (χ0) is 15.6. The second-order valence-electron chi connectivity index (χ2n) is 5.69. The number of furan rings is 1. The van der Waals surface area contributed by atoms with E-state index >= 15 is 0 Å². The third kappa shape index (κ3) is 2.71. The van der Waals surface area contributed by atoms with Gasteiger partial charge < -0.3 is 9.73 Å². The van der Waals surface area contributed by atoms with Crippen LogP contribution < -0.4 is 5.32 Å². The molecule has 0 saturated carbocycles. The SMILES string of the molecule is Cc1ccc(-c2ccccc2)cc1Nc1ccc2occc2c1. The van der Waals surface area contributed by atoms with Crippen LogP contribution in [0.25, 0.3) is 22.1 Å². The van der Waals surface area contributed by atoms with Gasteiger partial charge in [0.2, 0.25) is 0 Å². The lowest BCUT2D eigenvalue weighted by Crippen LogP contribution is -1.93. The summed E-state index contributed by atoms with van der Waals surface area (Å²) >= 11 is 0. The Morgan fingerprint density at radius 2 is 1.65 bits per heavy atom. The maximum atomic E-state index is 5.40. The van der Waals surface area contributed by atoms with E-state index in [1.165, 1.54) is 16.7 Å². The van der Waals surface area contributed by atoms with Gasteiger partial charge in [0.1, 0.15) is 5.58 Å². The average molecular weight is 299 g/mol. The van der Waals surface area contributed by atoms with Crippen LogP contribution in [0, 0.1) is 6.92 Å². The normalized spacial score (nSPS) is 10.8. The van der Waals surface area contributed by atoms with Crippen molar-refractivity contribution in [3.63, 3.8) is 0 Å². The third-order valence-electron chi connectivity index (χ3n) is 4.08. The van der Waals surface area contributed by atoms with Gasteiger partial charge in [-0.25, -0.2) is 0 Å². The fraction of sp³-hybridized carbons (Fsp3) is 0.0476. The summed E-state index contributed by atoms with van der Waals surface area (Å²) in [6, 6.07) is 25.1. The van der Waals surface area contributed by atoms with Gasteiger partial charge in [-0.3, -0.25) is 0 Å². The van der Waals surface area contributed by atoms with Gasteiger partial charge in [-0.15, -0.1) is 0 Å². The number of nitrogens with one attached hydrogen (secondary N) is 1. The van der Waals surface area contributed by atoms with E-state index < -0.39 is 0 Å². The van der Waals surface area contributed by atoms with Crippen LogP contribution in [0.1, 0.15) is 5.56 Å². The molecule has 0 atom stereocenters. The van der Waals surface area contributed by atoms with Gasteiger partial charge in [0, 0.05) is 16.8 Å². The minimum absolute atomic E-state index is 0.908. The largest absolute Gasteiger partial charge is 0.464 e. The molecule has 2 heteroatoms. The Hall–Kier alpha value is -3.00. The van der Waals surface area contributed by atoms with E-state index in [0.29, 0.717) is 0 Å². The van der Waals surface area contributed by atoms with Crippen molar-refractivity contribution in [3.8, 4) is 11.1 Å². The summed E-state index contributed by atoms with van der Waals surface area (Å²) in [6.45, 7) is 2.12. The second-order valence-corrected chi connectivity index (χ2v) is 5.69. The van der Waals surface area contributed by atoms with Gasteiger partial charge in [-0.2, -0.15) is 0 Å². The first-order valence-corrected chi connectivity index (χ1v) is 7.70. The molecule has 0 unspecified atom stereocenters. The van der Waals surface area contributed by atoms with Crippen molar-refractivity contribution in [2.45, 2.75) is 6.92 Å². The van der Waals surface area contributed by atoms with Crippen molar-refractivity contribution in [1.82, 2.24) is 0 Å². The topological polar surface area (TPSA) is 25.2 Å². The van der Waals surface area contributed by atoms with Crippen molar-refractivity contribution >= 4 is 22.3 Å². The third-order valence-corrected chi connectivity index (χ3v) is 4.08. The lowest BCUT2D eigenvalue weighted by Gasteiger charge is -2.12. The Morgan fingerprint density at radius 1 is 0.783 bits per heavy atom. The Balaban J connectivity index is 1.70. The highest BCUT2D eigenvalue weighted by Crippen LogP contribution is 2.29. The molecule has 0 saturated heterocycles. The van der Waals surface area contributed by atoms with Gasteiger partial charge >= 0.3 is 0 Å². The zero-order valence-corrected chi connectivity index (χ0v) is 12.9. The highest BCUT2D eigenvalue weighted by Gasteiger charge is 2.04. The van der Waals surface area contributed by atoms with Crippen LogP contribution in [0.3, 0.4) is 0 Å². The van der Waals surface area contributed by atoms with E-state index in [4.69, 9.17) is 4.42 Å². The van der Waals surface area contributed by atoms with Crippen molar-refractivity contribution in [2.75, 3.05) is 5.32 Å². The van der Waals surface area contributed by atoms with Gasteiger partial charge in [0.25, 0.3) is 0 Å². The molecule has 4 aromatic rings. The van der Waals surface area contributed by atoms with E-state index in [1.54, 1.807) is 6.26 Å². The lowest BCUT2D eigenvalue weighted by molar-refractivity contribution is 0.616. The average Bonchev–Trinajstić information content (AvgIpc) is 3.05. The van der Waals surface area contributed by atoms with Gasteiger partial charge in [0.05, 0.1) is 6.26 Å². The quantitative estimate of drug-likeness (QED) is 0.490. The summed E-state index contributed by atoms with van der Waals surface area (Å²) in [4.78, 5) is 0. The molecule has 1 heterocycles. The Labute approximate surface area is 135 Å². The molecule has 2 nitrogen and oxygen atoms in total. The molecule has 23 heavy (non-hydrogen) atoms. The van der Waals surface area contributed by atoms with E-state index in [-0.39, 0.29) is 0 Å². The molecule has 0 fully saturated rings. The van der Waals surface area contributed by atoms with Crippen LogP contribution >= 0.6 is 0 Å². The molecule has 1 aromatic heterocycles. The van der Waals surface area contributed by atoms with E-state index in [0.717, 1.165) is 22.3 Å². The molecule has 0 aliphatic carbocycles. The van der Waals surface area contributed by atoms with E-state index in [1.807, 2.05) is 24.3 Å². The van der Waals surface area contributed by atoms with Crippen molar-refractivity contribution in [1.29, 1.82) is 0 Å². The number of rotatable bonds is 3. The lowest BCUT2D eigenvalue weighted by atomic mass is 10.0.